The average molecular weight is 330 g/mol. The molecule has 0 aliphatic heterocycles. The van der Waals surface area contributed by atoms with Crippen LogP contribution in [0.2, 0.25) is 0 Å². The maximum absolute atomic E-state index is 12.3. The quantitative estimate of drug-likeness (QED) is 0.642. The second-order valence-electron chi connectivity index (χ2n) is 4.93. The van der Waals surface area contributed by atoms with E-state index in [1.165, 1.54) is 37.4 Å². The molecule has 124 valence electrons. The summed E-state index contributed by atoms with van der Waals surface area (Å²) in [5, 5.41) is 22.5. The van der Waals surface area contributed by atoms with Crippen molar-refractivity contribution in [3.05, 3.63) is 63.2 Å². The number of aryl methyl sites for hydroxylation is 1. The summed E-state index contributed by atoms with van der Waals surface area (Å²) >= 11 is 0. The second-order valence-corrected chi connectivity index (χ2v) is 4.93. The number of carboxylic acid groups (broad SMARTS) is 1. The van der Waals surface area contributed by atoms with Gasteiger partial charge in [-0.2, -0.15) is 0 Å². The van der Waals surface area contributed by atoms with Gasteiger partial charge in [0, 0.05) is 17.3 Å². The summed E-state index contributed by atoms with van der Waals surface area (Å²) in [6, 6.07) is 8.12. The second kappa shape index (κ2) is 6.78. The molecule has 2 rings (SSSR count). The SMILES string of the molecule is COc1ccc(C(=O)Nc2ccc(C(=O)O)cc2C)cc1[N+](=O)[O-]. The van der Waals surface area contributed by atoms with Gasteiger partial charge in [-0.05, 0) is 42.8 Å². The van der Waals surface area contributed by atoms with Gasteiger partial charge >= 0.3 is 11.7 Å². The van der Waals surface area contributed by atoms with Gasteiger partial charge in [0.05, 0.1) is 17.6 Å². The van der Waals surface area contributed by atoms with Crippen molar-refractivity contribution in [2.75, 3.05) is 12.4 Å². The Morgan fingerprint density at radius 2 is 1.83 bits per heavy atom. The van der Waals surface area contributed by atoms with Crippen molar-refractivity contribution in [2.24, 2.45) is 0 Å². The zero-order valence-electron chi connectivity index (χ0n) is 12.9. The van der Waals surface area contributed by atoms with E-state index >= 15 is 0 Å². The molecule has 0 bridgehead atoms. The Kier molecular flexibility index (Phi) is 4.78. The highest BCUT2D eigenvalue weighted by Crippen LogP contribution is 2.28. The van der Waals surface area contributed by atoms with Crippen LogP contribution in [-0.4, -0.2) is 29.0 Å². The number of rotatable bonds is 5. The minimum Gasteiger partial charge on any atom is -0.490 e. The highest BCUT2D eigenvalue weighted by molar-refractivity contribution is 6.05. The van der Waals surface area contributed by atoms with Crippen LogP contribution < -0.4 is 10.1 Å². The predicted molar refractivity (Wildman–Crippen MR) is 85.7 cm³/mol. The van der Waals surface area contributed by atoms with Crippen LogP contribution in [0.15, 0.2) is 36.4 Å². The number of carboxylic acids is 1. The van der Waals surface area contributed by atoms with E-state index in [4.69, 9.17) is 9.84 Å². The third kappa shape index (κ3) is 3.49. The van der Waals surface area contributed by atoms with E-state index in [9.17, 15) is 19.7 Å². The van der Waals surface area contributed by atoms with Crippen molar-refractivity contribution >= 4 is 23.3 Å². The molecule has 0 atom stereocenters. The third-order valence-electron chi connectivity index (χ3n) is 3.36. The smallest absolute Gasteiger partial charge is 0.335 e. The number of amides is 1. The Bertz CT molecular complexity index is 831. The first-order chi connectivity index (χ1) is 11.3. The first-order valence-corrected chi connectivity index (χ1v) is 6.81. The molecule has 0 unspecified atom stereocenters. The number of nitrogens with one attached hydrogen (secondary N) is 1. The minimum absolute atomic E-state index is 0.0542. The molecule has 0 aromatic heterocycles. The number of nitro groups is 1. The number of carbonyl (C=O) groups is 2. The van der Waals surface area contributed by atoms with Crippen LogP contribution in [0.5, 0.6) is 5.75 Å². The maximum atomic E-state index is 12.3. The lowest BCUT2D eigenvalue weighted by Crippen LogP contribution is -2.13. The van der Waals surface area contributed by atoms with Crippen molar-refractivity contribution in [1.82, 2.24) is 0 Å². The molecular formula is C16H14N2O6. The van der Waals surface area contributed by atoms with E-state index in [0.717, 1.165) is 6.07 Å². The van der Waals surface area contributed by atoms with Gasteiger partial charge in [-0.3, -0.25) is 14.9 Å². The van der Waals surface area contributed by atoms with Gasteiger partial charge in [-0.15, -0.1) is 0 Å². The molecule has 0 heterocycles. The molecule has 0 aliphatic rings. The van der Waals surface area contributed by atoms with Gasteiger partial charge in [-0.1, -0.05) is 0 Å². The predicted octanol–water partition coefficient (Wildman–Crippen LogP) is 2.86. The van der Waals surface area contributed by atoms with Crippen LogP contribution in [0, 0.1) is 17.0 Å². The third-order valence-corrected chi connectivity index (χ3v) is 3.36. The summed E-state index contributed by atoms with van der Waals surface area (Å²) in [7, 11) is 1.30. The zero-order chi connectivity index (χ0) is 17.9. The number of ether oxygens (including phenoxy) is 1. The van der Waals surface area contributed by atoms with Crippen LogP contribution in [0.1, 0.15) is 26.3 Å². The Balaban J connectivity index is 2.29. The molecule has 1 amide bonds. The van der Waals surface area contributed by atoms with Crippen molar-refractivity contribution in [2.45, 2.75) is 6.92 Å². The first kappa shape index (κ1) is 16.9. The summed E-state index contributed by atoms with van der Waals surface area (Å²) in [4.78, 5) is 33.5. The molecule has 24 heavy (non-hydrogen) atoms. The molecule has 2 N–H and O–H groups in total. The standard InChI is InChI=1S/C16H14N2O6/c1-9-7-11(16(20)21)3-5-12(9)17-15(19)10-4-6-14(24-2)13(8-10)18(22)23/h3-8H,1-2H3,(H,17,19)(H,20,21). The number of methoxy groups -OCH3 is 1. The van der Waals surface area contributed by atoms with Gasteiger partial charge in [-0.25, -0.2) is 4.79 Å². The molecule has 0 radical (unpaired) electrons. The summed E-state index contributed by atoms with van der Waals surface area (Å²) in [6.45, 7) is 1.65. The van der Waals surface area contributed by atoms with Crippen molar-refractivity contribution < 1.29 is 24.4 Å². The Hall–Kier alpha value is -3.42. The summed E-state index contributed by atoms with van der Waals surface area (Å²) < 4.78 is 4.89. The molecule has 0 aliphatic carbocycles. The molecule has 0 saturated heterocycles. The van der Waals surface area contributed by atoms with E-state index in [-0.39, 0.29) is 22.6 Å². The Morgan fingerprint density at radius 3 is 2.38 bits per heavy atom. The number of nitro benzene ring substituents is 1. The van der Waals surface area contributed by atoms with Crippen molar-refractivity contribution in [1.29, 1.82) is 0 Å². The first-order valence-electron chi connectivity index (χ1n) is 6.81. The molecule has 0 saturated carbocycles. The number of hydrogen-bond acceptors (Lipinski definition) is 5. The monoisotopic (exact) mass is 330 g/mol. The highest BCUT2D eigenvalue weighted by Gasteiger charge is 2.18. The van der Waals surface area contributed by atoms with Crippen LogP contribution in [0.3, 0.4) is 0 Å². The number of aromatic carboxylic acids is 1. The maximum Gasteiger partial charge on any atom is 0.335 e. The molecule has 2 aromatic carbocycles. The van der Waals surface area contributed by atoms with Gasteiger partial charge in [0.2, 0.25) is 0 Å². The summed E-state index contributed by atoms with van der Waals surface area (Å²) in [5.41, 5.74) is 0.854. The Morgan fingerprint density at radius 1 is 1.17 bits per heavy atom. The number of nitrogens with zero attached hydrogens (tertiary/aromatic N) is 1. The van der Waals surface area contributed by atoms with Gasteiger partial charge < -0.3 is 15.2 Å². The van der Waals surface area contributed by atoms with Crippen LogP contribution >= 0.6 is 0 Å². The van der Waals surface area contributed by atoms with Crippen LogP contribution in [0.4, 0.5) is 11.4 Å². The van der Waals surface area contributed by atoms with Gasteiger partial charge in [0.15, 0.2) is 5.75 Å². The zero-order valence-corrected chi connectivity index (χ0v) is 12.9. The molecule has 2 aromatic rings. The van der Waals surface area contributed by atoms with Gasteiger partial charge in [0.1, 0.15) is 0 Å². The van der Waals surface area contributed by atoms with E-state index in [1.807, 2.05) is 0 Å². The lowest BCUT2D eigenvalue weighted by atomic mass is 10.1. The van der Waals surface area contributed by atoms with Crippen LogP contribution in [-0.2, 0) is 0 Å². The van der Waals surface area contributed by atoms with Gasteiger partial charge in [0.25, 0.3) is 5.91 Å². The number of hydrogen-bond donors (Lipinski definition) is 2. The van der Waals surface area contributed by atoms with E-state index in [0.29, 0.717) is 11.3 Å². The lowest BCUT2D eigenvalue weighted by molar-refractivity contribution is -0.385. The largest absolute Gasteiger partial charge is 0.490 e. The lowest BCUT2D eigenvalue weighted by Gasteiger charge is -2.10. The fraction of sp³-hybridized carbons (Fsp3) is 0.125. The summed E-state index contributed by atoms with van der Waals surface area (Å²) in [6.07, 6.45) is 0. The average Bonchev–Trinajstić information content (AvgIpc) is 2.55. The molecule has 0 spiro atoms. The van der Waals surface area contributed by atoms with Crippen molar-refractivity contribution in [3.63, 3.8) is 0 Å². The van der Waals surface area contributed by atoms with Crippen LogP contribution in [0.25, 0.3) is 0 Å². The normalized spacial score (nSPS) is 10.1. The number of benzene rings is 2. The molecule has 8 heteroatoms. The minimum atomic E-state index is -1.07. The molecule has 0 fully saturated rings. The fourth-order valence-corrected chi connectivity index (χ4v) is 2.11. The van der Waals surface area contributed by atoms with E-state index in [2.05, 4.69) is 5.32 Å². The molecule has 8 nitrogen and oxygen atoms in total. The highest BCUT2D eigenvalue weighted by atomic mass is 16.6. The molecular weight excluding hydrogens is 316 g/mol. The topological polar surface area (TPSA) is 119 Å². The fourth-order valence-electron chi connectivity index (χ4n) is 2.11. The van der Waals surface area contributed by atoms with E-state index < -0.39 is 16.8 Å². The summed E-state index contributed by atoms with van der Waals surface area (Å²) in [5.74, 6) is -1.56. The van der Waals surface area contributed by atoms with E-state index in [1.54, 1.807) is 6.92 Å². The number of carbonyl (C=O) groups excluding carboxylic acids is 1. The number of anilines is 1. The Labute approximate surface area is 136 Å². The van der Waals surface area contributed by atoms with Crippen molar-refractivity contribution in [3.8, 4) is 5.75 Å².